The summed E-state index contributed by atoms with van der Waals surface area (Å²) in [4.78, 5) is 12.4. The number of nitrogens with zero attached hydrogens (tertiary/aromatic N) is 2. The first-order chi connectivity index (χ1) is 11.1. The molecule has 0 aliphatic rings. The van der Waals surface area contributed by atoms with Crippen molar-refractivity contribution in [2.45, 2.75) is 6.92 Å². The highest BCUT2D eigenvalue weighted by molar-refractivity contribution is 6.07. The highest BCUT2D eigenvalue weighted by atomic mass is 19.1. The molecule has 3 rings (SSSR count). The molecule has 0 atom stereocenters. The Morgan fingerprint density at radius 2 is 1.74 bits per heavy atom. The third kappa shape index (κ3) is 2.85. The van der Waals surface area contributed by atoms with Crippen molar-refractivity contribution in [3.8, 4) is 11.1 Å². The lowest BCUT2D eigenvalue weighted by Gasteiger charge is -2.11. The fourth-order valence-electron chi connectivity index (χ4n) is 2.53. The number of amides is 1. The highest BCUT2D eigenvalue weighted by Crippen LogP contribution is 2.28. The first-order valence-electron chi connectivity index (χ1n) is 7.23. The monoisotopic (exact) mass is 309 g/mol. The molecule has 2 aromatic carbocycles. The van der Waals surface area contributed by atoms with Crippen molar-refractivity contribution >= 4 is 11.6 Å². The Kier molecular flexibility index (Phi) is 3.93. The Morgan fingerprint density at radius 3 is 2.39 bits per heavy atom. The molecule has 0 spiro atoms. The summed E-state index contributed by atoms with van der Waals surface area (Å²) in [5.74, 6) is -1.14. The number of rotatable bonds is 3. The maximum atomic E-state index is 14.0. The van der Waals surface area contributed by atoms with Crippen LogP contribution in [-0.2, 0) is 7.05 Å². The van der Waals surface area contributed by atoms with E-state index in [-0.39, 0.29) is 5.56 Å². The number of hydrogen-bond donors (Lipinski definition) is 1. The van der Waals surface area contributed by atoms with E-state index < -0.39 is 11.9 Å². The Hall–Kier alpha value is -2.95. The lowest BCUT2D eigenvalue weighted by molar-refractivity contribution is 0.102. The van der Waals surface area contributed by atoms with Crippen molar-refractivity contribution in [1.82, 2.24) is 9.78 Å². The molecule has 0 saturated carbocycles. The van der Waals surface area contributed by atoms with Crippen molar-refractivity contribution < 1.29 is 9.18 Å². The number of anilines is 1. The van der Waals surface area contributed by atoms with Crippen LogP contribution < -0.4 is 5.32 Å². The van der Waals surface area contributed by atoms with Crippen LogP contribution in [-0.4, -0.2) is 15.7 Å². The molecule has 0 bridgehead atoms. The SMILES string of the molecule is Cc1nn(C)c(F)c1C(=O)Nc1ccccc1-c1ccccc1. The van der Waals surface area contributed by atoms with Gasteiger partial charge in [0.05, 0.1) is 5.69 Å². The quantitative estimate of drug-likeness (QED) is 0.800. The number of carbonyl (C=O) groups is 1. The summed E-state index contributed by atoms with van der Waals surface area (Å²) >= 11 is 0. The predicted molar refractivity (Wildman–Crippen MR) is 87.7 cm³/mol. The fourth-order valence-corrected chi connectivity index (χ4v) is 2.53. The topological polar surface area (TPSA) is 46.9 Å². The molecule has 23 heavy (non-hydrogen) atoms. The number of halogens is 1. The van der Waals surface area contributed by atoms with Crippen molar-refractivity contribution in [3.63, 3.8) is 0 Å². The van der Waals surface area contributed by atoms with E-state index in [2.05, 4.69) is 10.4 Å². The van der Waals surface area contributed by atoms with Crippen LogP contribution in [0.15, 0.2) is 54.6 Å². The van der Waals surface area contributed by atoms with Crippen LogP contribution in [0.1, 0.15) is 16.1 Å². The Balaban J connectivity index is 1.97. The first kappa shape index (κ1) is 15.0. The summed E-state index contributed by atoms with van der Waals surface area (Å²) in [5, 5.41) is 6.72. The minimum atomic E-state index is -0.641. The molecule has 0 saturated heterocycles. The van der Waals surface area contributed by atoms with Crippen molar-refractivity contribution in [2.24, 2.45) is 7.05 Å². The van der Waals surface area contributed by atoms with E-state index >= 15 is 0 Å². The molecule has 0 aliphatic heterocycles. The first-order valence-corrected chi connectivity index (χ1v) is 7.23. The molecule has 4 nitrogen and oxygen atoms in total. The number of para-hydroxylation sites is 1. The van der Waals surface area contributed by atoms with Crippen LogP contribution in [0.3, 0.4) is 0 Å². The van der Waals surface area contributed by atoms with Crippen molar-refractivity contribution in [1.29, 1.82) is 0 Å². The number of aryl methyl sites for hydroxylation is 2. The maximum Gasteiger partial charge on any atom is 0.262 e. The van der Waals surface area contributed by atoms with Gasteiger partial charge in [0.1, 0.15) is 5.56 Å². The smallest absolute Gasteiger partial charge is 0.262 e. The summed E-state index contributed by atoms with van der Waals surface area (Å²) in [5.41, 5.74) is 2.82. The molecular weight excluding hydrogens is 293 g/mol. The zero-order valence-corrected chi connectivity index (χ0v) is 12.9. The van der Waals surface area contributed by atoms with Gasteiger partial charge in [0, 0.05) is 18.3 Å². The average molecular weight is 309 g/mol. The largest absolute Gasteiger partial charge is 0.321 e. The van der Waals surface area contributed by atoms with Crippen LogP contribution in [0.2, 0.25) is 0 Å². The van der Waals surface area contributed by atoms with E-state index in [1.165, 1.54) is 7.05 Å². The second-order valence-electron chi connectivity index (χ2n) is 5.24. The molecule has 5 heteroatoms. The summed E-state index contributed by atoms with van der Waals surface area (Å²) in [6.07, 6.45) is 0. The van der Waals surface area contributed by atoms with E-state index in [1.807, 2.05) is 48.5 Å². The van der Waals surface area contributed by atoms with Crippen LogP contribution in [0.4, 0.5) is 10.1 Å². The predicted octanol–water partition coefficient (Wildman–Crippen LogP) is 3.79. The molecule has 0 aliphatic carbocycles. The second-order valence-corrected chi connectivity index (χ2v) is 5.24. The molecular formula is C18H16FN3O. The summed E-state index contributed by atoms with van der Waals surface area (Å²) in [6, 6.07) is 17.1. The minimum Gasteiger partial charge on any atom is -0.321 e. The third-order valence-corrected chi connectivity index (χ3v) is 3.64. The molecule has 116 valence electrons. The van der Waals surface area contributed by atoms with Gasteiger partial charge in [0.2, 0.25) is 5.95 Å². The van der Waals surface area contributed by atoms with Gasteiger partial charge in [0.25, 0.3) is 5.91 Å². The van der Waals surface area contributed by atoms with Crippen molar-refractivity contribution in [2.75, 3.05) is 5.32 Å². The average Bonchev–Trinajstić information content (AvgIpc) is 2.81. The normalized spacial score (nSPS) is 10.6. The zero-order chi connectivity index (χ0) is 16.4. The Bertz CT molecular complexity index is 856. The van der Waals surface area contributed by atoms with Gasteiger partial charge in [-0.15, -0.1) is 0 Å². The number of benzene rings is 2. The molecule has 1 amide bonds. The van der Waals surface area contributed by atoms with Gasteiger partial charge >= 0.3 is 0 Å². The van der Waals surface area contributed by atoms with E-state index in [1.54, 1.807) is 13.0 Å². The molecule has 0 unspecified atom stereocenters. The number of aromatic nitrogens is 2. The molecule has 1 N–H and O–H groups in total. The van der Waals surface area contributed by atoms with Gasteiger partial charge in [-0.05, 0) is 18.6 Å². The fraction of sp³-hybridized carbons (Fsp3) is 0.111. The summed E-state index contributed by atoms with van der Waals surface area (Å²) in [6.45, 7) is 1.61. The minimum absolute atomic E-state index is 0.0321. The summed E-state index contributed by atoms with van der Waals surface area (Å²) in [7, 11) is 1.47. The molecule has 1 heterocycles. The molecule has 1 aromatic heterocycles. The van der Waals surface area contributed by atoms with Crippen LogP contribution in [0.5, 0.6) is 0 Å². The van der Waals surface area contributed by atoms with Gasteiger partial charge in [-0.25, -0.2) is 4.68 Å². The lowest BCUT2D eigenvalue weighted by atomic mass is 10.0. The Labute approximate surface area is 133 Å². The van der Waals surface area contributed by atoms with E-state index in [4.69, 9.17) is 0 Å². The molecule has 3 aromatic rings. The van der Waals surface area contributed by atoms with Crippen LogP contribution >= 0.6 is 0 Å². The lowest BCUT2D eigenvalue weighted by Crippen LogP contribution is -2.15. The van der Waals surface area contributed by atoms with E-state index in [0.717, 1.165) is 15.8 Å². The highest BCUT2D eigenvalue weighted by Gasteiger charge is 2.21. The number of carbonyl (C=O) groups excluding carboxylic acids is 1. The van der Waals surface area contributed by atoms with Gasteiger partial charge in [0.15, 0.2) is 0 Å². The van der Waals surface area contributed by atoms with E-state index in [9.17, 15) is 9.18 Å². The maximum absolute atomic E-state index is 14.0. The standard InChI is InChI=1S/C18H16FN3O/c1-12-16(17(19)22(2)21-12)18(23)20-15-11-7-6-10-14(15)13-8-4-3-5-9-13/h3-11H,1-2H3,(H,20,23). The number of hydrogen-bond acceptors (Lipinski definition) is 2. The molecule has 0 fully saturated rings. The van der Waals surface area contributed by atoms with Gasteiger partial charge in [-0.2, -0.15) is 9.49 Å². The van der Waals surface area contributed by atoms with Crippen LogP contribution in [0, 0.1) is 12.9 Å². The van der Waals surface area contributed by atoms with Gasteiger partial charge in [-0.3, -0.25) is 4.79 Å². The van der Waals surface area contributed by atoms with Crippen molar-refractivity contribution in [3.05, 3.63) is 71.8 Å². The van der Waals surface area contributed by atoms with E-state index in [0.29, 0.717) is 11.4 Å². The number of nitrogens with one attached hydrogen (secondary N) is 1. The Morgan fingerprint density at radius 1 is 1.09 bits per heavy atom. The second kappa shape index (κ2) is 6.04. The van der Waals surface area contributed by atoms with Gasteiger partial charge in [-0.1, -0.05) is 48.5 Å². The van der Waals surface area contributed by atoms with Crippen LogP contribution in [0.25, 0.3) is 11.1 Å². The summed E-state index contributed by atoms with van der Waals surface area (Å²) < 4.78 is 15.1. The molecule has 0 radical (unpaired) electrons. The van der Waals surface area contributed by atoms with Gasteiger partial charge < -0.3 is 5.32 Å². The third-order valence-electron chi connectivity index (χ3n) is 3.64. The zero-order valence-electron chi connectivity index (χ0n) is 12.9.